The topological polar surface area (TPSA) is 43.8 Å². The van der Waals surface area contributed by atoms with E-state index in [4.69, 9.17) is 0 Å². The largest absolute Gasteiger partial charge is 0.508 e. The molecule has 0 bridgehead atoms. The van der Waals surface area contributed by atoms with Crippen LogP contribution in [0.1, 0.15) is 76.3 Å². The number of carbonyl (C=O) groups excluding carboxylic acids is 1. The highest BCUT2D eigenvalue weighted by molar-refractivity contribution is 5.76. The van der Waals surface area contributed by atoms with E-state index in [2.05, 4.69) is 66.6 Å². The van der Waals surface area contributed by atoms with Crippen LogP contribution in [0.15, 0.2) is 67.3 Å². The van der Waals surface area contributed by atoms with E-state index in [9.17, 15) is 9.90 Å². The van der Waals surface area contributed by atoms with E-state index >= 15 is 0 Å². The molecule has 1 aliphatic heterocycles. The quantitative estimate of drug-likeness (QED) is 0.244. The number of hydrogen-bond acceptors (Lipinski definition) is 3. The zero-order valence-electron chi connectivity index (χ0n) is 23.7. The summed E-state index contributed by atoms with van der Waals surface area (Å²) in [6, 6.07) is 18.9. The van der Waals surface area contributed by atoms with Crippen LogP contribution in [0, 0.1) is 11.8 Å². The number of carbonyl (C=O) groups is 1. The van der Waals surface area contributed by atoms with Gasteiger partial charge in [-0.05, 0) is 86.6 Å². The van der Waals surface area contributed by atoms with Gasteiger partial charge in [-0.3, -0.25) is 9.69 Å². The van der Waals surface area contributed by atoms with E-state index in [0.29, 0.717) is 29.9 Å². The Balaban J connectivity index is 1.45. The maximum Gasteiger partial charge on any atom is 0.222 e. The van der Waals surface area contributed by atoms with Crippen molar-refractivity contribution in [2.75, 3.05) is 26.2 Å². The third-order valence-corrected chi connectivity index (χ3v) is 8.91. The zero-order chi connectivity index (χ0) is 27.0. The Labute approximate surface area is 230 Å². The number of phenolic OH excluding ortho intramolecular Hbond substituents is 1. The SMILES string of the molecule is C=CCN1CCC2(c3cccc(O)c3)CC(N(CC(C)C)C(=O)CCCCCc3ccccc3)CCC2C1. The fraction of sp³-hybridized carbons (Fsp3) is 0.559. The Kier molecular flexibility index (Phi) is 10.1. The van der Waals surface area contributed by atoms with Gasteiger partial charge >= 0.3 is 0 Å². The first-order chi connectivity index (χ1) is 18.4. The van der Waals surface area contributed by atoms with Crippen molar-refractivity contribution in [1.29, 1.82) is 0 Å². The molecule has 38 heavy (non-hydrogen) atoms. The van der Waals surface area contributed by atoms with Gasteiger partial charge in [-0.1, -0.05) is 68.8 Å². The maximum atomic E-state index is 13.7. The number of unbranched alkanes of at least 4 members (excludes halogenated alkanes) is 2. The number of aryl methyl sites for hydroxylation is 1. The average Bonchev–Trinajstić information content (AvgIpc) is 2.92. The molecular formula is C34H48N2O2. The summed E-state index contributed by atoms with van der Waals surface area (Å²) >= 11 is 0. The second-order valence-corrected chi connectivity index (χ2v) is 12.1. The third kappa shape index (κ3) is 7.08. The molecule has 1 heterocycles. The van der Waals surface area contributed by atoms with Gasteiger partial charge in [0.15, 0.2) is 0 Å². The van der Waals surface area contributed by atoms with Gasteiger partial charge in [-0.2, -0.15) is 0 Å². The van der Waals surface area contributed by atoms with E-state index < -0.39 is 0 Å². The van der Waals surface area contributed by atoms with Gasteiger partial charge in [0, 0.05) is 37.5 Å². The summed E-state index contributed by atoms with van der Waals surface area (Å²) in [5, 5.41) is 10.4. The van der Waals surface area contributed by atoms with Crippen LogP contribution in [-0.2, 0) is 16.6 Å². The number of likely N-dealkylation sites (tertiary alicyclic amines) is 1. The molecule has 1 aliphatic carbocycles. The predicted molar refractivity (Wildman–Crippen MR) is 157 cm³/mol. The first kappa shape index (κ1) is 28.4. The highest BCUT2D eigenvalue weighted by Gasteiger charge is 2.49. The first-order valence-corrected chi connectivity index (χ1v) is 14.9. The molecule has 2 aliphatic rings. The Morgan fingerprint density at radius 3 is 2.68 bits per heavy atom. The minimum absolute atomic E-state index is 0.00448. The lowest BCUT2D eigenvalue weighted by atomic mass is 9.57. The van der Waals surface area contributed by atoms with Crippen LogP contribution in [-0.4, -0.2) is 53.0 Å². The summed E-state index contributed by atoms with van der Waals surface area (Å²) < 4.78 is 0. The van der Waals surface area contributed by atoms with Crippen molar-refractivity contribution in [3.8, 4) is 5.75 Å². The minimum Gasteiger partial charge on any atom is -0.508 e. The molecule has 0 radical (unpaired) electrons. The number of hydrogen-bond donors (Lipinski definition) is 1. The molecule has 4 heteroatoms. The van der Waals surface area contributed by atoms with Crippen LogP contribution in [0.5, 0.6) is 5.75 Å². The first-order valence-electron chi connectivity index (χ1n) is 14.9. The molecule has 0 spiro atoms. The fourth-order valence-electron chi connectivity index (χ4n) is 7.04. The number of rotatable bonds is 12. The van der Waals surface area contributed by atoms with Crippen LogP contribution in [0.4, 0.5) is 0 Å². The molecule has 4 nitrogen and oxygen atoms in total. The lowest BCUT2D eigenvalue weighted by Gasteiger charge is -2.54. The summed E-state index contributed by atoms with van der Waals surface area (Å²) in [5.41, 5.74) is 2.64. The molecule has 4 rings (SSSR count). The van der Waals surface area contributed by atoms with Crippen molar-refractivity contribution in [3.63, 3.8) is 0 Å². The Morgan fingerprint density at radius 1 is 1.13 bits per heavy atom. The Morgan fingerprint density at radius 2 is 1.95 bits per heavy atom. The third-order valence-electron chi connectivity index (χ3n) is 8.91. The van der Waals surface area contributed by atoms with Gasteiger partial charge < -0.3 is 10.0 Å². The molecule has 206 valence electrons. The van der Waals surface area contributed by atoms with Crippen molar-refractivity contribution in [2.45, 2.75) is 83.1 Å². The van der Waals surface area contributed by atoms with Crippen LogP contribution >= 0.6 is 0 Å². The predicted octanol–water partition coefficient (Wildman–Crippen LogP) is 6.98. The summed E-state index contributed by atoms with van der Waals surface area (Å²) in [6.07, 6.45) is 11.2. The lowest BCUT2D eigenvalue weighted by Crippen LogP contribution is -2.57. The highest BCUT2D eigenvalue weighted by Crippen LogP contribution is 2.50. The van der Waals surface area contributed by atoms with Crippen LogP contribution < -0.4 is 0 Å². The van der Waals surface area contributed by atoms with Crippen molar-refractivity contribution in [3.05, 3.63) is 78.4 Å². The highest BCUT2D eigenvalue weighted by atomic mass is 16.3. The summed E-state index contributed by atoms with van der Waals surface area (Å²) in [7, 11) is 0. The Hall–Kier alpha value is -2.59. The van der Waals surface area contributed by atoms with Gasteiger partial charge in [0.2, 0.25) is 5.91 Å². The van der Waals surface area contributed by atoms with E-state index in [-0.39, 0.29) is 11.5 Å². The van der Waals surface area contributed by atoms with Crippen molar-refractivity contribution >= 4 is 5.91 Å². The van der Waals surface area contributed by atoms with Gasteiger partial charge in [-0.25, -0.2) is 0 Å². The summed E-state index contributed by atoms with van der Waals surface area (Å²) in [6.45, 7) is 12.3. The van der Waals surface area contributed by atoms with Crippen LogP contribution in [0.25, 0.3) is 0 Å². The number of piperidine rings is 1. The lowest BCUT2D eigenvalue weighted by molar-refractivity contribution is -0.136. The fourth-order valence-corrected chi connectivity index (χ4v) is 7.04. The van der Waals surface area contributed by atoms with Gasteiger partial charge in [-0.15, -0.1) is 6.58 Å². The molecule has 2 aromatic rings. The molecule has 3 atom stereocenters. The maximum absolute atomic E-state index is 13.7. The normalized spacial score (nSPS) is 23.7. The monoisotopic (exact) mass is 516 g/mol. The summed E-state index contributed by atoms with van der Waals surface area (Å²) in [5.74, 6) is 1.65. The second kappa shape index (κ2) is 13.5. The molecule has 1 saturated carbocycles. The number of amides is 1. The number of benzene rings is 2. The number of fused-ring (bicyclic) bond motifs is 1. The second-order valence-electron chi connectivity index (χ2n) is 12.1. The van der Waals surface area contributed by atoms with E-state index in [0.717, 1.165) is 77.5 Å². The van der Waals surface area contributed by atoms with Crippen LogP contribution in [0.3, 0.4) is 0 Å². The van der Waals surface area contributed by atoms with Crippen molar-refractivity contribution in [2.24, 2.45) is 11.8 Å². The zero-order valence-corrected chi connectivity index (χ0v) is 23.7. The number of phenols is 1. The van der Waals surface area contributed by atoms with Gasteiger partial charge in [0.05, 0.1) is 0 Å². The minimum atomic E-state index is 0.00448. The molecule has 1 saturated heterocycles. The molecule has 1 amide bonds. The van der Waals surface area contributed by atoms with E-state index in [1.165, 1.54) is 11.1 Å². The standard InChI is InChI=1S/C34H48N2O2/c1-4-21-35-22-20-34(29-15-11-16-32(37)23-29)24-31(19-18-30(34)26-35)36(25-27(2)3)33(38)17-10-6-9-14-28-12-7-5-8-13-28/h4-5,7-8,11-13,15-16,23,27,30-31,37H,1,6,9-10,14,17-22,24-26H2,2-3H3. The molecule has 0 aromatic heterocycles. The summed E-state index contributed by atoms with van der Waals surface area (Å²) in [4.78, 5) is 18.4. The van der Waals surface area contributed by atoms with Gasteiger partial charge in [0.25, 0.3) is 0 Å². The van der Waals surface area contributed by atoms with E-state index in [1.807, 2.05) is 18.2 Å². The molecular weight excluding hydrogens is 468 g/mol. The molecule has 3 unspecified atom stereocenters. The number of nitrogens with zero attached hydrogens (tertiary/aromatic N) is 2. The molecule has 1 N–H and O–H groups in total. The average molecular weight is 517 g/mol. The van der Waals surface area contributed by atoms with E-state index in [1.54, 1.807) is 6.07 Å². The van der Waals surface area contributed by atoms with Crippen molar-refractivity contribution in [1.82, 2.24) is 9.80 Å². The van der Waals surface area contributed by atoms with Crippen molar-refractivity contribution < 1.29 is 9.90 Å². The van der Waals surface area contributed by atoms with Gasteiger partial charge in [0.1, 0.15) is 5.75 Å². The Bertz CT molecular complexity index is 1040. The molecule has 2 aromatic carbocycles. The number of aromatic hydroxyl groups is 1. The smallest absolute Gasteiger partial charge is 0.222 e. The molecule has 2 fully saturated rings. The van der Waals surface area contributed by atoms with Crippen LogP contribution in [0.2, 0.25) is 0 Å².